The van der Waals surface area contributed by atoms with Crippen LogP contribution in [-0.2, 0) is 22.4 Å². The first kappa shape index (κ1) is 19.8. The Morgan fingerprint density at radius 3 is 2.96 bits per heavy atom. The van der Waals surface area contributed by atoms with E-state index in [1.165, 1.54) is 28.0 Å². The van der Waals surface area contributed by atoms with Crippen LogP contribution in [0.3, 0.4) is 0 Å². The molecule has 1 aliphatic rings. The summed E-state index contributed by atoms with van der Waals surface area (Å²) in [5.41, 5.74) is 8.04. The average molecular weight is 405 g/mol. The summed E-state index contributed by atoms with van der Waals surface area (Å²) in [5, 5.41) is 3.55. The minimum Gasteiger partial charge on any atom is -0.462 e. The zero-order chi connectivity index (χ0) is 19.4. The highest BCUT2D eigenvalue weighted by Gasteiger charge is 2.29. The van der Waals surface area contributed by atoms with Gasteiger partial charge in [-0.1, -0.05) is 13.0 Å². The zero-order valence-corrected chi connectivity index (χ0v) is 17.2. The lowest BCUT2D eigenvalue weighted by molar-refractivity contribution is -0.113. The van der Waals surface area contributed by atoms with Gasteiger partial charge in [0.15, 0.2) is 0 Å². The standard InChI is InChI=1S/C20H24N2O3S2/c1-3-25-20(24)18-15-8-7-12(2)9-16(15)27-19(18)22-17(23)11-26-14-6-4-5-13(21)10-14/h4-6,10,12H,3,7-9,11,21H2,1-2H3,(H,22,23). The molecule has 3 N–H and O–H groups in total. The normalized spacial score (nSPS) is 15.9. The molecule has 144 valence electrons. The van der Waals surface area contributed by atoms with Gasteiger partial charge in [0.05, 0.1) is 17.9 Å². The van der Waals surface area contributed by atoms with E-state index < -0.39 is 0 Å². The van der Waals surface area contributed by atoms with Gasteiger partial charge in [0.25, 0.3) is 0 Å². The molecule has 0 saturated carbocycles. The summed E-state index contributed by atoms with van der Waals surface area (Å²) in [6, 6.07) is 7.44. The van der Waals surface area contributed by atoms with Crippen LogP contribution in [0, 0.1) is 5.92 Å². The van der Waals surface area contributed by atoms with Crippen molar-refractivity contribution < 1.29 is 14.3 Å². The molecule has 0 bridgehead atoms. The molecule has 1 amide bonds. The van der Waals surface area contributed by atoms with Crippen molar-refractivity contribution in [2.24, 2.45) is 5.92 Å². The van der Waals surface area contributed by atoms with Crippen molar-refractivity contribution in [3.8, 4) is 0 Å². The molecule has 1 heterocycles. The molecule has 27 heavy (non-hydrogen) atoms. The molecule has 1 aromatic heterocycles. The molecule has 0 saturated heterocycles. The Morgan fingerprint density at radius 2 is 2.22 bits per heavy atom. The fraction of sp³-hybridized carbons (Fsp3) is 0.400. The van der Waals surface area contributed by atoms with E-state index in [0.29, 0.717) is 28.8 Å². The topological polar surface area (TPSA) is 81.4 Å². The number of fused-ring (bicyclic) bond motifs is 1. The van der Waals surface area contributed by atoms with Crippen LogP contribution in [-0.4, -0.2) is 24.2 Å². The van der Waals surface area contributed by atoms with Gasteiger partial charge in [-0.2, -0.15) is 0 Å². The van der Waals surface area contributed by atoms with Crippen LogP contribution in [0.4, 0.5) is 10.7 Å². The van der Waals surface area contributed by atoms with Gasteiger partial charge in [-0.3, -0.25) is 4.79 Å². The quantitative estimate of drug-likeness (QED) is 0.425. The minimum absolute atomic E-state index is 0.139. The Morgan fingerprint density at radius 1 is 1.41 bits per heavy atom. The highest BCUT2D eigenvalue weighted by Crippen LogP contribution is 2.40. The van der Waals surface area contributed by atoms with Crippen molar-refractivity contribution in [3.63, 3.8) is 0 Å². The summed E-state index contributed by atoms with van der Waals surface area (Å²) in [6.07, 6.45) is 2.85. The highest BCUT2D eigenvalue weighted by molar-refractivity contribution is 8.00. The number of hydrogen-bond donors (Lipinski definition) is 2. The number of carbonyl (C=O) groups excluding carboxylic acids is 2. The van der Waals surface area contributed by atoms with Gasteiger partial charge in [0.2, 0.25) is 5.91 Å². The van der Waals surface area contributed by atoms with Crippen molar-refractivity contribution in [1.82, 2.24) is 0 Å². The molecule has 0 spiro atoms. The number of thiophene rings is 1. The third-order valence-electron chi connectivity index (χ3n) is 4.47. The number of thioether (sulfide) groups is 1. The maximum absolute atomic E-state index is 12.5. The summed E-state index contributed by atoms with van der Waals surface area (Å²) in [5.74, 6) is 0.363. The number of amides is 1. The molecular weight excluding hydrogens is 380 g/mol. The SMILES string of the molecule is CCOC(=O)c1c(NC(=O)CSc2cccc(N)c2)sc2c1CCC(C)C2. The molecule has 1 unspecified atom stereocenters. The van der Waals surface area contributed by atoms with E-state index >= 15 is 0 Å². The van der Waals surface area contributed by atoms with Crippen LogP contribution in [0.25, 0.3) is 0 Å². The Hall–Kier alpha value is -1.99. The van der Waals surface area contributed by atoms with Crippen molar-refractivity contribution in [3.05, 3.63) is 40.3 Å². The molecule has 0 aliphatic heterocycles. The number of benzene rings is 1. The molecule has 2 aromatic rings. The van der Waals surface area contributed by atoms with E-state index in [0.717, 1.165) is 29.7 Å². The fourth-order valence-electron chi connectivity index (χ4n) is 3.17. The van der Waals surface area contributed by atoms with Crippen molar-refractivity contribution in [2.75, 3.05) is 23.4 Å². The van der Waals surface area contributed by atoms with Gasteiger partial charge in [0, 0.05) is 15.5 Å². The van der Waals surface area contributed by atoms with E-state index in [9.17, 15) is 9.59 Å². The minimum atomic E-state index is -0.344. The zero-order valence-electron chi connectivity index (χ0n) is 15.5. The molecule has 5 nitrogen and oxygen atoms in total. The average Bonchev–Trinajstić information content (AvgIpc) is 2.97. The third kappa shape index (κ3) is 4.84. The highest BCUT2D eigenvalue weighted by atomic mass is 32.2. The van der Waals surface area contributed by atoms with Gasteiger partial charge in [-0.15, -0.1) is 23.1 Å². The first-order chi connectivity index (χ1) is 13.0. The van der Waals surface area contributed by atoms with Crippen LogP contribution in [0.1, 0.15) is 41.1 Å². The van der Waals surface area contributed by atoms with Crippen LogP contribution < -0.4 is 11.1 Å². The monoisotopic (exact) mass is 404 g/mol. The molecule has 3 rings (SSSR count). The maximum Gasteiger partial charge on any atom is 0.341 e. The van der Waals surface area contributed by atoms with Crippen LogP contribution in [0.2, 0.25) is 0 Å². The van der Waals surface area contributed by atoms with Gasteiger partial charge in [-0.05, 0) is 55.9 Å². The van der Waals surface area contributed by atoms with E-state index in [2.05, 4.69) is 12.2 Å². The maximum atomic E-state index is 12.5. The number of ether oxygens (including phenoxy) is 1. The second-order valence-corrected chi connectivity index (χ2v) is 8.84. The van der Waals surface area contributed by atoms with E-state index in [1.807, 2.05) is 24.3 Å². The molecule has 7 heteroatoms. The summed E-state index contributed by atoms with van der Waals surface area (Å²) < 4.78 is 5.24. The number of carbonyl (C=O) groups is 2. The summed E-state index contributed by atoms with van der Waals surface area (Å²) in [6.45, 7) is 4.32. The van der Waals surface area contributed by atoms with Crippen molar-refractivity contribution in [2.45, 2.75) is 38.0 Å². The summed E-state index contributed by atoms with van der Waals surface area (Å²) >= 11 is 2.93. The fourth-order valence-corrected chi connectivity index (χ4v) is 5.35. The van der Waals surface area contributed by atoms with Crippen LogP contribution >= 0.6 is 23.1 Å². The van der Waals surface area contributed by atoms with Gasteiger partial charge in [-0.25, -0.2) is 4.79 Å². The number of esters is 1. The molecule has 0 fully saturated rings. The van der Waals surface area contributed by atoms with Crippen molar-refractivity contribution in [1.29, 1.82) is 0 Å². The summed E-state index contributed by atoms with van der Waals surface area (Å²) in [4.78, 5) is 27.1. The van der Waals surface area contributed by atoms with Gasteiger partial charge < -0.3 is 15.8 Å². The predicted molar refractivity (Wildman–Crippen MR) is 112 cm³/mol. The molecular formula is C20H24N2O3S2. The Balaban J connectivity index is 1.75. The molecule has 1 atom stereocenters. The van der Waals surface area contributed by atoms with Crippen LogP contribution in [0.5, 0.6) is 0 Å². The largest absolute Gasteiger partial charge is 0.462 e. The Bertz CT molecular complexity index is 848. The first-order valence-electron chi connectivity index (χ1n) is 9.07. The number of nitrogen functional groups attached to an aromatic ring is 1. The lowest BCUT2D eigenvalue weighted by atomic mass is 9.88. The smallest absolute Gasteiger partial charge is 0.341 e. The summed E-state index contributed by atoms with van der Waals surface area (Å²) in [7, 11) is 0. The second kappa shape index (κ2) is 8.80. The van der Waals surface area contributed by atoms with E-state index in [-0.39, 0.29) is 17.6 Å². The lowest BCUT2D eigenvalue weighted by Crippen LogP contribution is -2.17. The molecule has 0 radical (unpaired) electrons. The van der Waals surface area contributed by atoms with Crippen LogP contribution in [0.15, 0.2) is 29.2 Å². The second-order valence-electron chi connectivity index (χ2n) is 6.69. The van der Waals surface area contributed by atoms with E-state index in [1.54, 1.807) is 6.92 Å². The number of rotatable bonds is 6. The predicted octanol–water partition coefficient (Wildman–Crippen LogP) is 4.36. The lowest BCUT2D eigenvalue weighted by Gasteiger charge is -2.18. The Labute approximate surface area is 167 Å². The van der Waals surface area contributed by atoms with Gasteiger partial charge >= 0.3 is 5.97 Å². The molecule has 1 aromatic carbocycles. The molecule has 1 aliphatic carbocycles. The Kier molecular flexibility index (Phi) is 6.44. The number of anilines is 2. The van der Waals surface area contributed by atoms with E-state index in [4.69, 9.17) is 10.5 Å². The number of hydrogen-bond acceptors (Lipinski definition) is 6. The first-order valence-corrected chi connectivity index (χ1v) is 10.9. The third-order valence-corrected chi connectivity index (χ3v) is 6.64. The van der Waals surface area contributed by atoms with Gasteiger partial charge in [0.1, 0.15) is 5.00 Å². The van der Waals surface area contributed by atoms with Crippen molar-refractivity contribution >= 4 is 45.7 Å². The number of nitrogens with two attached hydrogens (primary N) is 1. The number of nitrogens with one attached hydrogen (secondary N) is 1.